The Labute approximate surface area is 818 Å². The molecule has 46 heteroatoms. The summed E-state index contributed by atoms with van der Waals surface area (Å²) in [7, 11) is 0. The van der Waals surface area contributed by atoms with Crippen LogP contribution in [0.1, 0.15) is 270 Å². The first-order valence-corrected chi connectivity index (χ1v) is 47.8. The third-order valence-electron chi connectivity index (χ3n) is 18.7. The van der Waals surface area contributed by atoms with Gasteiger partial charge in [-0.1, -0.05) is 115 Å². The standard InChI is InChI=1S/C53H92N10O22.2C18H36N2O5.3CH4/c1-41(84-78)40-49(71)57-26-13-5-9-17-45(67)61-30-34-63(33-29-60-44(66)16-8-4-12-25-56-48(70)22-35-83-85-79)53(77)82-39-37-80-36-38-81-52(76)62(31-27-58-42(64)14-6-2-10-23-54-46(68)18-20-50(72)73)32-28-59-43(65)15-7-3-11-24-55-47(69)19-21-51(74)75;2*1-5-9-19(10-6-2)17(21)24-15-13-23-14-16-25-18(22)20(11-7-3)12-8-4;;;/h78-79H,1-40H2,(H,54,68)(H,55,69)(H,56,70)(H,57,71)(H,58,64)(H,59,65)(H,60,66)(H,61,67)(H,72,73)(H,74,75);2*5-16H2,1-4H3;3*1H4. The first-order valence-electron chi connectivity index (χ1n) is 47.8. The van der Waals surface area contributed by atoms with Gasteiger partial charge < -0.3 is 130 Å². The molecule has 0 saturated carbocycles. The number of nitrogens with one attached hydrogen (secondary N) is 8. The SMILES string of the molecule is C.C.C.C=C(CC(=O)NCCCCCC(=O)NCCN(CCNC(=O)CCCCCNC(=O)CCOOO)C(=O)OCCOCCOC(=O)N(CCNC(=O)CCCCCNC(=O)CCC(=O)O)CCNC(=O)CCCCCNC(=O)CCC(=O)O)OO.CCCN(CCC)C(=O)OCCOCCOC(=O)N(CCC)CCC.CCCN(CCC)C(=O)OCCOCCOC(=O)N(CCC)CCC. The number of carboxylic acid groups (broad SMARTS) is 2. The van der Waals surface area contributed by atoms with Gasteiger partial charge in [0.15, 0.2) is 0 Å². The van der Waals surface area contributed by atoms with E-state index in [0.717, 1.165) is 51.4 Å². The summed E-state index contributed by atoms with van der Waals surface area (Å²) < 4.78 is 47.8. The molecule has 0 aromatic carbocycles. The second kappa shape index (κ2) is 99.6. The summed E-state index contributed by atoms with van der Waals surface area (Å²) in [6.07, 6.45) is 11.3. The van der Waals surface area contributed by atoms with Crippen LogP contribution in [-0.4, -0.2) is 363 Å². The Hall–Kier alpha value is -10.4. The molecule has 0 bridgehead atoms. The second-order valence-electron chi connectivity index (χ2n) is 30.7. The van der Waals surface area contributed by atoms with Gasteiger partial charge in [-0.3, -0.25) is 47.9 Å². The van der Waals surface area contributed by atoms with Gasteiger partial charge in [-0.05, 0) is 103 Å². The maximum atomic E-state index is 13.2. The number of carboxylic acids is 2. The zero-order valence-electron chi connectivity index (χ0n) is 81.7. The molecule has 0 spiro atoms. The quantitative estimate of drug-likeness (QED) is 0.00885. The number of carbonyl (C=O) groups excluding carboxylic acids is 14. The van der Waals surface area contributed by atoms with Crippen molar-refractivity contribution in [3.8, 4) is 0 Å². The number of aliphatic carboxylic acids is 2. The molecule has 0 aliphatic heterocycles. The largest absolute Gasteiger partial charge is 0.481 e. The number of unbranched alkanes of at least 4 members (excludes halogenated alkanes) is 8. The average molecular weight is 1990 g/mol. The first-order chi connectivity index (χ1) is 65.1. The highest BCUT2D eigenvalue weighted by Gasteiger charge is 2.22. The Balaban J connectivity index is -0.000000663. The summed E-state index contributed by atoms with van der Waals surface area (Å²) in [5.41, 5.74) is 0. The topological polar surface area (TPSA) is 580 Å². The lowest BCUT2D eigenvalue weighted by Gasteiger charge is -2.23. The van der Waals surface area contributed by atoms with E-state index in [9.17, 15) is 76.7 Å². The van der Waals surface area contributed by atoms with Crippen LogP contribution in [0.3, 0.4) is 0 Å². The van der Waals surface area contributed by atoms with Gasteiger partial charge in [-0.2, -0.15) is 0 Å². The van der Waals surface area contributed by atoms with E-state index in [4.69, 9.17) is 63.4 Å². The fraction of sp³-hybridized carbons (Fsp3) is 0.804. The highest BCUT2D eigenvalue weighted by Crippen LogP contribution is 2.09. The predicted molar refractivity (Wildman–Crippen MR) is 516 cm³/mol. The van der Waals surface area contributed by atoms with E-state index in [1.165, 1.54) is 9.80 Å². The van der Waals surface area contributed by atoms with Gasteiger partial charge in [0.25, 0.3) is 0 Å². The van der Waals surface area contributed by atoms with E-state index < -0.39 is 24.1 Å². The van der Waals surface area contributed by atoms with Crippen molar-refractivity contribution in [2.45, 2.75) is 270 Å². The molecule has 138 heavy (non-hydrogen) atoms. The number of ether oxygens (including phenoxy) is 9. The van der Waals surface area contributed by atoms with Crippen LogP contribution in [0.2, 0.25) is 0 Å². The maximum Gasteiger partial charge on any atom is 0.409 e. The van der Waals surface area contributed by atoms with Crippen molar-refractivity contribution >= 4 is 95.8 Å². The fourth-order valence-electron chi connectivity index (χ4n) is 12.0. The van der Waals surface area contributed by atoms with Crippen LogP contribution in [-0.2, 0) is 105 Å². The Bertz CT molecular complexity index is 3000. The van der Waals surface area contributed by atoms with E-state index in [-0.39, 0.29) is 276 Å². The number of amides is 14. The Morgan fingerprint density at radius 2 is 0.442 bits per heavy atom. The summed E-state index contributed by atoms with van der Waals surface area (Å²) in [5.74, 6) is -4.70. The number of carbonyl (C=O) groups is 16. The molecule has 0 rings (SSSR count). The van der Waals surface area contributed by atoms with Crippen molar-refractivity contribution in [1.82, 2.24) is 71.9 Å². The normalized spacial score (nSPS) is 10.3. The van der Waals surface area contributed by atoms with Gasteiger partial charge in [0.1, 0.15) is 45.4 Å². The molecular formula is C92H176N14O32. The molecule has 14 amide bonds. The highest BCUT2D eigenvalue weighted by atomic mass is 17.5. The minimum Gasteiger partial charge on any atom is -0.481 e. The lowest BCUT2D eigenvalue weighted by Crippen LogP contribution is -2.43. The monoisotopic (exact) mass is 1990 g/mol. The molecule has 0 aromatic heterocycles. The van der Waals surface area contributed by atoms with Crippen molar-refractivity contribution in [1.29, 1.82) is 0 Å². The van der Waals surface area contributed by atoms with Crippen LogP contribution < -0.4 is 42.5 Å². The summed E-state index contributed by atoms with van der Waals surface area (Å²) in [6, 6.07) is 0. The summed E-state index contributed by atoms with van der Waals surface area (Å²) in [4.78, 5) is 210. The molecule has 0 saturated heterocycles. The van der Waals surface area contributed by atoms with Crippen LogP contribution >= 0.6 is 0 Å². The number of hydrogen-bond acceptors (Lipinski definition) is 30. The zero-order chi connectivity index (χ0) is 101. The molecule has 0 aliphatic carbocycles. The highest BCUT2D eigenvalue weighted by molar-refractivity contribution is 5.82. The van der Waals surface area contributed by atoms with Crippen LogP contribution in [0.4, 0.5) is 28.8 Å². The predicted octanol–water partition coefficient (Wildman–Crippen LogP) is 9.93. The Morgan fingerprint density at radius 3 is 0.652 bits per heavy atom. The number of rotatable bonds is 83. The van der Waals surface area contributed by atoms with Crippen LogP contribution in [0.15, 0.2) is 12.3 Å². The minimum atomic E-state index is -1.07. The zero-order valence-corrected chi connectivity index (χ0v) is 81.7. The van der Waals surface area contributed by atoms with Gasteiger partial charge in [-0.15, -0.1) is 0 Å². The van der Waals surface area contributed by atoms with E-state index in [0.29, 0.717) is 182 Å². The van der Waals surface area contributed by atoms with Crippen molar-refractivity contribution in [3.05, 3.63) is 12.3 Å². The lowest BCUT2D eigenvalue weighted by molar-refractivity contribution is -0.490. The van der Waals surface area contributed by atoms with Gasteiger partial charge in [0.2, 0.25) is 47.3 Å². The Kier molecular flexibility index (Phi) is 99.8. The third kappa shape index (κ3) is 88.3. The second-order valence-corrected chi connectivity index (χ2v) is 30.7. The summed E-state index contributed by atoms with van der Waals surface area (Å²) >= 11 is 0. The van der Waals surface area contributed by atoms with E-state index in [1.54, 1.807) is 19.6 Å². The number of nitrogens with zero attached hydrogens (tertiary/aromatic N) is 6. The van der Waals surface area contributed by atoms with Gasteiger partial charge in [0, 0.05) is 169 Å². The van der Waals surface area contributed by atoms with Gasteiger partial charge in [-0.25, -0.2) is 44.2 Å². The average Bonchev–Trinajstić information content (AvgIpc) is 0.958. The molecule has 0 aromatic rings. The molecule has 0 fully saturated rings. The molecular weight excluding hydrogens is 1810 g/mol. The molecule has 0 heterocycles. The molecule has 0 aliphatic rings. The van der Waals surface area contributed by atoms with Crippen molar-refractivity contribution in [2.75, 3.05) is 217 Å². The Morgan fingerprint density at radius 1 is 0.239 bits per heavy atom. The van der Waals surface area contributed by atoms with Gasteiger partial charge >= 0.3 is 48.5 Å². The van der Waals surface area contributed by atoms with Crippen molar-refractivity contribution in [2.24, 2.45) is 0 Å². The van der Waals surface area contributed by atoms with E-state index in [1.807, 2.05) is 55.4 Å². The van der Waals surface area contributed by atoms with Crippen LogP contribution in [0, 0.1) is 0 Å². The van der Waals surface area contributed by atoms with Crippen molar-refractivity contribution in [3.63, 3.8) is 0 Å². The molecule has 0 atom stereocenters. The van der Waals surface area contributed by atoms with Crippen LogP contribution in [0.25, 0.3) is 0 Å². The van der Waals surface area contributed by atoms with Crippen LogP contribution in [0.5, 0.6) is 0 Å². The van der Waals surface area contributed by atoms with Crippen molar-refractivity contribution < 1.29 is 155 Å². The molecule has 12 N–H and O–H groups in total. The molecule has 46 nitrogen and oxygen atoms in total. The van der Waals surface area contributed by atoms with E-state index in [2.05, 4.69) is 63.9 Å². The third-order valence-corrected chi connectivity index (χ3v) is 18.7. The molecule has 806 valence electrons. The van der Waals surface area contributed by atoms with Gasteiger partial charge in [0.05, 0.1) is 71.9 Å². The smallest absolute Gasteiger partial charge is 0.409 e. The first kappa shape index (κ1) is 138. The number of hydrogen-bond donors (Lipinski definition) is 12. The van der Waals surface area contributed by atoms with E-state index >= 15 is 0 Å². The maximum absolute atomic E-state index is 13.2. The molecule has 0 unspecified atom stereocenters. The molecule has 0 radical (unpaired) electrons. The lowest BCUT2D eigenvalue weighted by atomic mass is 10.2. The minimum absolute atomic E-state index is 0. The summed E-state index contributed by atoms with van der Waals surface area (Å²) in [6.45, 7) is 28.3. The summed E-state index contributed by atoms with van der Waals surface area (Å²) in [5, 5.41) is 59.2. The fourth-order valence-corrected chi connectivity index (χ4v) is 12.0.